The van der Waals surface area contributed by atoms with Gasteiger partial charge in [0.2, 0.25) is 11.8 Å². The summed E-state index contributed by atoms with van der Waals surface area (Å²) >= 11 is 5.26. The zero-order chi connectivity index (χ0) is 16.9. The lowest BCUT2D eigenvalue weighted by atomic mass is 10.1. The highest BCUT2D eigenvalue weighted by atomic mass is 32.1. The zero-order valence-corrected chi connectivity index (χ0v) is 14.7. The van der Waals surface area contributed by atoms with Gasteiger partial charge in [0.15, 0.2) is 5.11 Å². The van der Waals surface area contributed by atoms with Crippen molar-refractivity contribution in [2.24, 2.45) is 0 Å². The van der Waals surface area contributed by atoms with Gasteiger partial charge in [0.1, 0.15) is 5.82 Å². The van der Waals surface area contributed by atoms with Crippen molar-refractivity contribution in [3.8, 4) is 5.88 Å². The number of hydrogen-bond acceptors (Lipinski definition) is 5. The van der Waals surface area contributed by atoms with Crippen molar-refractivity contribution in [1.29, 1.82) is 0 Å². The topological polar surface area (TPSA) is 62.3 Å². The Morgan fingerprint density at radius 3 is 2.58 bits per heavy atom. The Morgan fingerprint density at radius 1 is 1.25 bits per heavy atom. The second-order valence-corrected chi connectivity index (χ2v) is 6.01. The van der Waals surface area contributed by atoms with Gasteiger partial charge in [0, 0.05) is 25.7 Å². The van der Waals surface area contributed by atoms with E-state index in [0.717, 1.165) is 31.9 Å². The molecule has 0 fully saturated rings. The highest BCUT2D eigenvalue weighted by Crippen LogP contribution is 2.29. The molecule has 2 heterocycles. The summed E-state index contributed by atoms with van der Waals surface area (Å²) in [7, 11) is 1.60. The van der Waals surface area contributed by atoms with Crippen molar-refractivity contribution in [2.45, 2.75) is 26.4 Å². The molecular weight excluding hydrogens is 322 g/mol. The fraction of sp³-hybridized carbons (Fsp3) is 0.353. The van der Waals surface area contributed by atoms with E-state index in [4.69, 9.17) is 17.0 Å². The van der Waals surface area contributed by atoms with Crippen molar-refractivity contribution in [3.63, 3.8) is 0 Å². The molecule has 0 saturated carbocycles. The maximum atomic E-state index is 5.31. The van der Waals surface area contributed by atoms with Crippen molar-refractivity contribution < 1.29 is 4.74 Å². The fourth-order valence-corrected chi connectivity index (χ4v) is 2.81. The number of nitrogens with one attached hydrogen (secondary N) is 2. The normalized spacial score (nSPS) is 12.7. The minimum absolute atomic E-state index is 0.439. The second-order valence-electron chi connectivity index (χ2n) is 5.60. The maximum absolute atomic E-state index is 5.31. The van der Waals surface area contributed by atoms with E-state index in [-0.39, 0.29) is 0 Å². The average Bonchev–Trinajstić information content (AvgIpc) is 3.04. The molecule has 2 aromatic rings. The number of thiocarbonyl (C=S) groups is 1. The Labute approximate surface area is 147 Å². The van der Waals surface area contributed by atoms with Crippen LogP contribution >= 0.6 is 12.2 Å². The smallest absolute Gasteiger partial charge is 0.234 e. The molecule has 1 aromatic heterocycles. The summed E-state index contributed by atoms with van der Waals surface area (Å²) in [5.41, 5.74) is 2.65. The molecule has 24 heavy (non-hydrogen) atoms. The van der Waals surface area contributed by atoms with Crippen LogP contribution in [0.15, 0.2) is 30.3 Å². The summed E-state index contributed by atoms with van der Waals surface area (Å²) in [5.74, 6) is 1.77. The van der Waals surface area contributed by atoms with Gasteiger partial charge in [0.05, 0.1) is 7.11 Å². The molecule has 0 radical (unpaired) electrons. The highest BCUT2D eigenvalue weighted by molar-refractivity contribution is 7.80. The first-order chi connectivity index (χ1) is 11.7. The third-order valence-electron chi connectivity index (χ3n) is 3.82. The molecular formula is C17H21N5OS. The van der Waals surface area contributed by atoms with Crippen LogP contribution < -0.4 is 20.3 Å². The van der Waals surface area contributed by atoms with Gasteiger partial charge in [-0.05, 0) is 29.8 Å². The van der Waals surface area contributed by atoms with Crippen LogP contribution in [-0.4, -0.2) is 28.7 Å². The van der Waals surface area contributed by atoms with E-state index < -0.39 is 0 Å². The molecule has 0 spiro atoms. The van der Waals surface area contributed by atoms with Crippen LogP contribution in [0.3, 0.4) is 0 Å². The second kappa shape index (κ2) is 7.44. The van der Waals surface area contributed by atoms with E-state index in [9.17, 15) is 0 Å². The van der Waals surface area contributed by atoms with Gasteiger partial charge in [-0.2, -0.15) is 9.97 Å². The monoisotopic (exact) mass is 343 g/mol. The predicted molar refractivity (Wildman–Crippen MR) is 99.4 cm³/mol. The molecule has 1 aliphatic rings. The zero-order valence-electron chi connectivity index (χ0n) is 13.9. The first-order valence-electron chi connectivity index (χ1n) is 7.99. The lowest BCUT2D eigenvalue weighted by Crippen LogP contribution is -2.30. The van der Waals surface area contributed by atoms with Crippen LogP contribution in [-0.2, 0) is 13.1 Å². The van der Waals surface area contributed by atoms with E-state index in [2.05, 4.69) is 56.7 Å². The largest absolute Gasteiger partial charge is 0.481 e. The summed E-state index contributed by atoms with van der Waals surface area (Å²) in [6, 6.07) is 10.3. The number of fused-ring (bicyclic) bond motifs is 1. The molecule has 0 unspecified atom stereocenters. The van der Waals surface area contributed by atoms with E-state index in [1.165, 1.54) is 11.1 Å². The number of aromatic nitrogens is 2. The van der Waals surface area contributed by atoms with Crippen LogP contribution in [0, 0.1) is 0 Å². The quantitative estimate of drug-likeness (QED) is 0.809. The Morgan fingerprint density at radius 2 is 1.96 bits per heavy atom. The van der Waals surface area contributed by atoms with Gasteiger partial charge in [-0.3, -0.25) is 0 Å². The molecule has 2 N–H and O–H groups in total. The molecule has 7 heteroatoms. The van der Waals surface area contributed by atoms with E-state index in [1.807, 2.05) is 6.07 Å². The lowest BCUT2D eigenvalue weighted by Gasteiger charge is -2.18. The average molecular weight is 343 g/mol. The molecule has 0 aliphatic carbocycles. The summed E-state index contributed by atoms with van der Waals surface area (Å²) in [5, 5.41) is 6.65. The standard InChI is InChI=1S/C17H21N5OS/c1-3-8-18-17(24)21-16-19-14(9-15(20-16)23-2)22-10-12-6-4-5-7-13(12)11-22/h4-7,9H,3,8,10-11H2,1-2H3,(H2,18,19,20,21,24). The molecule has 0 saturated heterocycles. The Balaban J connectivity index is 1.79. The van der Waals surface area contributed by atoms with Crippen LogP contribution in [0.1, 0.15) is 24.5 Å². The van der Waals surface area contributed by atoms with Crippen molar-refractivity contribution in [3.05, 3.63) is 41.5 Å². The van der Waals surface area contributed by atoms with Gasteiger partial charge < -0.3 is 20.3 Å². The number of benzene rings is 1. The summed E-state index contributed by atoms with van der Waals surface area (Å²) in [6.07, 6.45) is 0.998. The van der Waals surface area contributed by atoms with Crippen LogP contribution in [0.4, 0.5) is 11.8 Å². The molecule has 0 amide bonds. The third-order valence-corrected chi connectivity index (χ3v) is 4.07. The van der Waals surface area contributed by atoms with E-state index in [1.54, 1.807) is 7.11 Å². The van der Waals surface area contributed by atoms with Crippen LogP contribution in [0.25, 0.3) is 0 Å². The molecule has 1 aliphatic heterocycles. The van der Waals surface area contributed by atoms with Gasteiger partial charge in [0.25, 0.3) is 0 Å². The third kappa shape index (κ3) is 3.73. The molecule has 0 atom stereocenters. The number of methoxy groups -OCH3 is 1. The van der Waals surface area contributed by atoms with Crippen molar-refractivity contribution in [1.82, 2.24) is 15.3 Å². The minimum atomic E-state index is 0.439. The van der Waals surface area contributed by atoms with Gasteiger partial charge >= 0.3 is 0 Å². The SMILES string of the molecule is CCCNC(=S)Nc1nc(OC)cc(N2Cc3ccccc3C2)n1. The number of anilines is 2. The van der Waals surface area contributed by atoms with Gasteiger partial charge in [-0.25, -0.2) is 0 Å². The highest BCUT2D eigenvalue weighted by Gasteiger charge is 2.21. The Hall–Kier alpha value is -2.41. The fourth-order valence-electron chi connectivity index (χ4n) is 2.61. The Bertz CT molecular complexity index is 712. The van der Waals surface area contributed by atoms with E-state index in [0.29, 0.717) is 16.9 Å². The maximum Gasteiger partial charge on any atom is 0.234 e. The summed E-state index contributed by atoms with van der Waals surface area (Å²) in [6.45, 7) is 4.55. The number of nitrogens with zero attached hydrogens (tertiary/aromatic N) is 3. The molecule has 6 nitrogen and oxygen atoms in total. The first-order valence-corrected chi connectivity index (χ1v) is 8.40. The van der Waals surface area contributed by atoms with Crippen LogP contribution in [0.5, 0.6) is 5.88 Å². The number of rotatable bonds is 5. The van der Waals surface area contributed by atoms with Crippen molar-refractivity contribution in [2.75, 3.05) is 23.9 Å². The molecule has 126 valence electrons. The van der Waals surface area contributed by atoms with Gasteiger partial charge in [-0.15, -0.1) is 0 Å². The predicted octanol–water partition coefficient (Wildman–Crippen LogP) is 2.70. The Kier molecular flexibility index (Phi) is 5.10. The number of hydrogen-bond donors (Lipinski definition) is 2. The summed E-state index contributed by atoms with van der Waals surface area (Å²) in [4.78, 5) is 11.1. The van der Waals surface area contributed by atoms with E-state index >= 15 is 0 Å². The number of ether oxygens (including phenoxy) is 1. The lowest BCUT2D eigenvalue weighted by molar-refractivity contribution is 0.397. The molecule has 1 aromatic carbocycles. The van der Waals surface area contributed by atoms with Crippen molar-refractivity contribution >= 4 is 29.1 Å². The minimum Gasteiger partial charge on any atom is -0.481 e. The van der Waals surface area contributed by atoms with Crippen LogP contribution in [0.2, 0.25) is 0 Å². The molecule has 0 bridgehead atoms. The molecule has 3 rings (SSSR count). The summed E-state index contributed by atoms with van der Waals surface area (Å²) < 4.78 is 5.31. The van der Waals surface area contributed by atoms with Gasteiger partial charge in [-0.1, -0.05) is 31.2 Å². The first kappa shape index (κ1) is 16.4.